The molecule has 0 fully saturated rings. The summed E-state index contributed by atoms with van der Waals surface area (Å²) in [5, 5.41) is 7.87. The molecule has 0 saturated carbocycles. The quantitative estimate of drug-likeness (QED) is 0.614. The minimum Gasteiger partial charge on any atom is -0.470 e. The van der Waals surface area contributed by atoms with Crippen molar-refractivity contribution in [2.75, 3.05) is 20.3 Å². The Morgan fingerprint density at radius 3 is 2.76 bits per heavy atom. The lowest BCUT2D eigenvalue weighted by Gasteiger charge is -2.16. The van der Waals surface area contributed by atoms with Crippen LogP contribution in [0, 0.1) is 12.7 Å². The maximum absolute atomic E-state index is 13.8. The first kappa shape index (κ1) is 16.8. The average molecular weight is 344 g/mol. The van der Waals surface area contributed by atoms with Crippen LogP contribution < -0.4 is 4.74 Å². The van der Waals surface area contributed by atoms with Gasteiger partial charge in [-0.2, -0.15) is 0 Å². The molecule has 2 aromatic carbocycles. The standard InChI is InChI=1S/C18H17FN2O4/c1-12-7-8-13(25-16-6-4-3-5-15(16)19)11-14(12)17(20-22-2)18-21-24-10-9-23-18/h3-8,11H,9-10H2,1-2H3/b20-17+. The fraction of sp³-hybridized carbons (Fsp3) is 0.222. The predicted molar refractivity (Wildman–Crippen MR) is 90.5 cm³/mol. The van der Waals surface area contributed by atoms with E-state index < -0.39 is 5.82 Å². The van der Waals surface area contributed by atoms with E-state index in [1.54, 1.807) is 30.3 Å². The van der Waals surface area contributed by atoms with E-state index in [1.807, 2.05) is 13.0 Å². The minimum absolute atomic E-state index is 0.136. The highest BCUT2D eigenvalue weighted by Gasteiger charge is 2.21. The van der Waals surface area contributed by atoms with Crippen LogP contribution in [0.25, 0.3) is 0 Å². The Balaban J connectivity index is 1.96. The Morgan fingerprint density at radius 2 is 2.04 bits per heavy atom. The molecule has 0 radical (unpaired) electrons. The van der Waals surface area contributed by atoms with Crippen molar-refractivity contribution in [2.45, 2.75) is 6.92 Å². The summed E-state index contributed by atoms with van der Waals surface area (Å²) in [4.78, 5) is 9.97. The molecule has 0 spiro atoms. The van der Waals surface area contributed by atoms with Crippen LogP contribution in [-0.2, 0) is 14.4 Å². The second-order valence-electron chi connectivity index (χ2n) is 5.21. The Bertz CT molecular complexity index is 820. The molecule has 2 aromatic rings. The number of rotatable bonds is 5. The fourth-order valence-electron chi connectivity index (χ4n) is 2.29. The lowest BCUT2D eigenvalue weighted by atomic mass is 10.0. The van der Waals surface area contributed by atoms with Crippen LogP contribution in [0.5, 0.6) is 11.5 Å². The highest BCUT2D eigenvalue weighted by molar-refractivity contribution is 6.45. The van der Waals surface area contributed by atoms with Crippen molar-refractivity contribution in [3.63, 3.8) is 0 Å². The highest BCUT2D eigenvalue weighted by Crippen LogP contribution is 2.27. The van der Waals surface area contributed by atoms with Gasteiger partial charge < -0.3 is 19.1 Å². The van der Waals surface area contributed by atoms with Gasteiger partial charge in [0, 0.05) is 5.56 Å². The Kier molecular flexibility index (Phi) is 5.13. The van der Waals surface area contributed by atoms with Gasteiger partial charge in [0.2, 0.25) is 0 Å². The molecule has 1 aliphatic heterocycles. The molecular formula is C18H17FN2O4. The third-order valence-corrected chi connectivity index (χ3v) is 3.47. The molecule has 7 heteroatoms. The maximum Gasteiger partial charge on any atom is 0.280 e. The van der Waals surface area contributed by atoms with E-state index in [1.165, 1.54) is 13.2 Å². The number of ether oxygens (including phenoxy) is 2. The van der Waals surface area contributed by atoms with Crippen LogP contribution in [0.3, 0.4) is 0 Å². The van der Waals surface area contributed by atoms with Crippen molar-refractivity contribution in [1.82, 2.24) is 0 Å². The van der Waals surface area contributed by atoms with Gasteiger partial charge in [0.1, 0.15) is 19.5 Å². The summed E-state index contributed by atoms with van der Waals surface area (Å²) < 4.78 is 24.9. The van der Waals surface area contributed by atoms with Crippen molar-refractivity contribution in [3.8, 4) is 11.5 Å². The maximum atomic E-state index is 13.8. The molecule has 25 heavy (non-hydrogen) atoms. The molecule has 0 aliphatic carbocycles. The second-order valence-corrected chi connectivity index (χ2v) is 5.21. The number of benzene rings is 2. The minimum atomic E-state index is -0.441. The lowest BCUT2D eigenvalue weighted by molar-refractivity contribution is 0.0672. The van der Waals surface area contributed by atoms with Gasteiger partial charge >= 0.3 is 0 Å². The highest BCUT2D eigenvalue weighted by atomic mass is 19.1. The third kappa shape index (κ3) is 3.88. The summed E-state index contributed by atoms with van der Waals surface area (Å²) >= 11 is 0. The third-order valence-electron chi connectivity index (χ3n) is 3.47. The van der Waals surface area contributed by atoms with Crippen molar-refractivity contribution >= 4 is 11.6 Å². The zero-order valence-electron chi connectivity index (χ0n) is 13.9. The van der Waals surface area contributed by atoms with Gasteiger partial charge in [0.25, 0.3) is 5.90 Å². The topological polar surface area (TPSA) is 61.6 Å². The molecular weight excluding hydrogens is 327 g/mol. The van der Waals surface area contributed by atoms with Crippen molar-refractivity contribution in [1.29, 1.82) is 0 Å². The summed E-state index contributed by atoms with van der Waals surface area (Å²) in [6.07, 6.45) is 0. The van der Waals surface area contributed by atoms with E-state index in [4.69, 9.17) is 19.1 Å². The van der Waals surface area contributed by atoms with Crippen LogP contribution in [0.1, 0.15) is 11.1 Å². The molecule has 6 nitrogen and oxygen atoms in total. The summed E-state index contributed by atoms with van der Waals surface area (Å²) in [5.41, 5.74) is 1.95. The number of oxime groups is 2. The van der Waals surface area contributed by atoms with Crippen LogP contribution >= 0.6 is 0 Å². The monoisotopic (exact) mass is 344 g/mol. The largest absolute Gasteiger partial charge is 0.470 e. The molecule has 0 aromatic heterocycles. The smallest absolute Gasteiger partial charge is 0.280 e. The van der Waals surface area contributed by atoms with Crippen LogP contribution in [-0.4, -0.2) is 31.9 Å². The first-order chi connectivity index (χ1) is 12.2. The first-order valence-electron chi connectivity index (χ1n) is 7.66. The van der Waals surface area contributed by atoms with E-state index in [2.05, 4.69) is 10.3 Å². The molecule has 0 N–H and O–H groups in total. The van der Waals surface area contributed by atoms with Gasteiger partial charge in [-0.15, -0.1) is 0 Å². The second kappa shape index (κ2) is 7.65. The average Bonchev–Trinajstić information content (AvgIpc) is 2.64. The molecule has 0 atom stereocenters. The van der Waals surface area contributed by atoms with Gasteiger partial charge in [-0.25, -0.2) is 4.39 Å². The summed E-state index contributed by atoms with van der Waals surface area (Å²) in [5.74, 6) is 0.368. The number of aryl methyl sites for hydroxylation is 1. The normalized spacial score (nSPS) is 14.2. The first-order valence-corrected chi connectivity index (χ1v) is 7.66. The fourth-order valence-corrected chi connectivity index (χ4v) is 2.29. The molecule has 1 heterocycles. The number of hydrogen-bond acceptors (Lipinski definition) is 6. The van der Waals surface area contributed by atoms with E-state index in [-0.39, 0.29) is 11.6 Å². The molecule has 0 amide bonds. The van der Waals surface area contributed by atoms with Crippen molar-refractivity contribution in [3.05, 3.63) is 59.4 Å². The van der Waals surface area contributed by atoms with E-state index in [9.17, 15) is 4.39 Å². The zero-order chi connectivity index (χ0) is 17.6. The van der Waals surface area contributed by atoms with Crippen LogP contribution in [0.2, 0.25) is 0 Å². The molecule has 3 rings (SSSR count). The van der Waals surface area contributed by atoms with Crippen LogP contribution in [0.15, 0.2) is 52.8 Å². The summed E-state index contributed by atoms with van der Waals surface area (Å²) in [6, 6.07) is 11.5. The molecule has 0 unspecified atom stereocenters. The molecule has 130 valence electrons. The molecule has 0 bridgehead atoms. The number of hydrogen-bond donors (Lipinski definition) is 0. The van der Waals surface area contributed by atoms with Gasteiger partial charge in [0.05, 0.1) is 0 Å². The number of para-hydroxylation sites is 1. The van der Waals surface area contributed by atoms with Crippen molar-refractivity contribution in [2.24, 2.45) is 10.3 Å². The van der Waals surface area contributed by atoms with Crippen LogP contribution in [0.4, 0.5) is 4.39 Å². The Labute approximate surface area is 144 Å². The number of halogens is 1. The SMILES string of the molecule is CO/N=C(/C1=NOCCO1)c1cc(Oc2ccccc2F)ccc1C. The number of nitrogens with zero attached hydrogens (tertiary/aromatic N) is 2. The van der Waals surface area contributed by atoms with Gasteiger partial charge in [0.15, 0.2) is 23.9 Å². The van der Waals surface area contributed by atoms with Gasteiger partial charge in [-0.3, -0.25) is 0 Å². The predicted octanol–water partition coefficient (Wildman–Crippen LogP) is 3.64. The van der Waals surface area contributed by atoms with E-state index >= 15 is 0 Å². The van der Waals surface area contributed by atoms with E-state index in [0.29, 0.717) is 30.2 Å². The lowest BCUT2D eigenvalue weighted by Crippen LogP contribution is -2.26. The summed E-state index contributed by atoms with van der Waals surface area (Å²) in [6.45, 7) is 2.64. The van der Waals surface area contributed by atoms with Gasteiger partial charge in [-0.1, -0.05) is 23.4 Å². The van der Waals surface area contributed by atoms with E-state index in [0.717, 1.165) is 5.56 Å². The van der Waals surface area contributed by atoms with Gasteiger partial charge in [-0.05, 0) is 41.9 Å². The summed E-state index contributed by atoms with van der Waals surface area (Å²) in [7, 11) is 1.43. The molecule has 1 aliphatic rings. The Morgan fingerprint density at radius 1 is 1.20 bits per heavy atom. The molecule has 0 saturated heterocycles. The zero-order valence-corrected chi connectivity index (χ0v) is 13.9. The van der Waals surface area contributed by atoms with Crippen molar-refractivity contribution < 1.29 is 23.5 Å². The Hall–Kier alpha value is -3.09.